The molecule has 2 aromatic carbocycles. The number of ketones is 1. The molecule has 2 aromatic rings. The number of halogens is 1. The van der Waals surface area contributed by atoms with Crippen LogP contribution in [0.25, 0.3) is 6.08 Å². The fraction of sp³-hybridized carbons (Fsp3) is 0.286. The second-order valence-corrected chi connectivity index (χ2v) is 5.92. The third-order valence-corrected chi connectivity index (χ3v) is 4.23. The maximum absolute atomic E-state index is 12.6. The molecule has 0 radical (unpaired) electrons. The summed E-state index contributed by atoms with van der Waals surface area (Å²) in [4.78, 5) is 25.4. The number of carbonyl (C=O) groups is 1. The van der Waals surface area contributed by atoms with E-state index in [-0.39, 0.29) is 34.0 Å². The Balaban J connectivity index is 0.00000392. The molecule has 28 heavy (non-hydrogen) atoms. The predicted molar refractivity (Wildman–Crippen MR) is 117 cm³/mol. The van der Waals surface area contributed by atoms with E-state index >= 15 is 0 Å². The minimum absolute atomic E-state index is 0. The van der Waals surface area contributed by atoms with Crippen molar-refractivity contribution in [1.82, 2.24) is 4.90 Å². The van der Waals surface area contributed by atoms with Gasteiger partial charge in [0.05, 0.1) is 10.5 Å². The summed E-state index contributed by atoms with van der Waals surface area (Å²) >= 11 is 0. The maximum Gasteiger partial charge on any atom is 0.270 e. The van der Waals surface area contributed by atoms with Crippen LogP contribution in [0, 0.1) is 10.1 Å². The van der Waals surface area contributed by atoms with Crippen LogP contribution in [0.15, 0.2) is 54.6 Å². The second-order valence-electron chi connectivity index (χ2n) is 5.92. The van der Waals surface area contributed by atoms with Crippen LogP contribution in [0.3, 0.4) is 0 Å². The van der Waals surface area contributed by atoms with Crippen molar-refractivity contribution in [3.8, 4) is 5.75 Å². The highest BCUT2D eigenvalue weighted by molar-refractivity contribution is 8.93. The summed E-state index contributed by atoms with van der Waals surface area (Å²) in [5.41, 5.74) is 0.929. The van der Waals surface area contributed by atoms with E-state index in [1.807, 2.05) is 30.3 Å². The third kappa shape index (κ3) is 6.90. The molecule has 150 valence electrons. The number of benzene rings is 2. The molecule has 7 heteroatoms. The highest BCUT2D eigenvalue weighted by Crippen LogP contribution is 2.25. The van der Waals surface area contributed by atoms with Crippen molar-refractivity contribution in [3.63, 3.8) is 0 Å². The Morgan fingerprint density at radius 1 is 1.14 bits per heavy atom. The van der Waals surface area contributed by atoms with Crippen LogP contribution in [-0.4, -0.2) is 41.8 Å². The fourth-order valence-electron chi connectivity index (χ4n) is 2.60. The molecule has 0 saturated heterocycles. The molecule has 0 spiro atoms. The Bertz CT molecular complexity index is 805. The number of hydrogen-bond acceptors (Lipinski definition) is 5. The van der Waals surface area contributed by atoms with Crippen LogP contribution < -0.4 is 4.74 Å². The molecule has 0 aromatic heterocycles. The van der Waals surface area contributed by atoms with Gasteiger partial charge in [-0.25, -0.2) is 0 Å². The van der Waals surface area contributed by atoms with Crippen molar-refractivity contribution in [2.24, 2.45) is 0 Å². The fourth-order valence-corrected chi connectivity index (χ4v) is 2.60. The summed E-state index contributed by atoms with van der Waals surface area (Å²) in [6, 6.07) is 13.5. The van der Waals surface area contributed by atoms with Gasteiger partial charge in [-0.2, -0.15) is 0 Å². The lowest BCUT2D eigenvalue weighted by Gasteiger charge is -2.18. The normalized spacial score (nSPS) is 10.7. The SMILES string of the molecule is Br.CCN(CC)CCOc1ccc([N+](=O)[O-])cc1C(=O)/C=C/c1ccccc1. The van der Waals surface area contributed by atoms with Crippen LogP contribution in [0.1, 0.15) is 29.8 Å². The van der Waals surface area contributed by atoms with Gasteiger partial charge in [-0.15, -0.1) is 17.0 Å². The van der Waals surface area contributed by atoms with E-state index in [1.165, 1.54) is 24.3 Å². The molecule has 0 fully saturated rings. The Morgan fingerprint density at radius 3 is 2.43 bits per heavy atom. The molecule has 0 aliphatic carbocycles. The first-order valence-corrected chi connectivity index (χ1v) is 8.96. The summed E-state index contributed by atoms with van der Waals surface area (Å²) in [7, 11) is 0. The topological polar surface area (TPSA) is 72.7 Å². The summed E-state index contributed by atoms with van der Waals surface area (Å²) < 4.78 is 5.76. The second kappa shape index (κ2) is 12.0. The zero-order chi connectivity index (χ0) is 19.6. The van der Waals surface area contributed by atoms with Crippen molar-refractivity contribution in [2.75, 3.05) is 26.2 Å². The Kier molecular flexibility index (Phi) is 10.1. The first-order chi connectivity index (χ1) is 13.0. The van der Waals surface area contributed by atoms with Gasteiger partial charge in [0.1, 0.15) is 12.4 Å². The lowest BCUT2D eigenvalue weighted by atomic mass is 10.1. The van der Waals surface area contributed by atoms with Gasteiger partial charge in [0.25, 0.3) is 5.69 Å². The van der Waals surface area contributed by atoms with E-state index in [0.29, 0.717) is 12.4 Å². The summed E-state index contributed by atoms with van der Waals surface area (Å²) in [5, 5.41) is 11.1. The van der Waals surface area contributed by atoms with Gasteiger partial charge in [0, 0.05) is 18.7 Å². The number of hydrogen-bond donors (Lipinski definition) is 0. The van der Waals surface area contributed by atoms with Gasteiger partial charge in [-0.3, -0.25) is 14.9 Å². The van der Waals surface area contributed by atoms with Gasteiger partial charge in [0.2, 0.25) is 0 Å². The van der Waals surface area contributed by atoms with Gasteiger partial charge in [-0.1, -0.05) is 50.3 Å². The molecule has 0 amide bonds. The molecule has 0 aliphatic rings. The van der Waals surface area contributed by atoms with Crippen molar-refractivity contribution in [3.05, 3.63) is 75.8 Å². The molecule has 0 heterocycles. The first kappa shape index (κ1) is 23.5. The van der Waals surface area contributed by atoms with E-state index in [1.54, 1.807) is 6.08 Å². The lowest BCUT2D eigenvalue weighted by Crippen LogP contribution is -2.28. The van der Waals surface area contributed by atoms with Gasteiger partial charge in [-0.05, 0) is 30.8 Å². The quantitative estimate of drug-likeness (QED) is 0.226. The monoisotopic (exact) mass is 448 g/mol. The van der Waals surface area contributed by atoms with Gasteiger partial charge < -0.3 is 9.64 Å². The average Bonchev–Trinajstić information content (AvgIpc) is 2.70. The van der Waals surface area contributed by atoms with Crippen molar-refractivity contribution in [2.45, 2.75) is 13.8 Å². The lowest BCUT2D eigenvalue weighted by molar-refractivity contribution is -0.384. The number of nitro groups is 1. The number of allylic oxidation sites excluding steroid dienone is 1. The Morgan fingerprint density at radius 2 is 1.82 bits per heavy atom. The number of rotatable bonds is 10. The van der Waals surface area contributed by atoms with Gasteiger partial charge in [0.15, 0.2) is 5.78 Å². The zero-order valence-electron chi connectivity index (χ0n) is 16.0. The molecular weight excluding hydrogens is 424 g/mol. The average molecular weight is 449 g/mol. The van der Waals surface area contributed by atoms with Crippen LogP contribution in [0.4, 0.5) is 5.69 Å². The number of carbonyl (C=O) groups excluding carboxylic acids is 1. The minimum Gasteiger partial charge on any atom is -0.491 e. The number of non-ortho nitro benzene ring substituents is 1. The molecule has 0 bridgehead atoms. The van der Waals surface area contributed by atoms with Gasteiger partial charge >= 0.3 is 0 Å². The summed E-state index contributed by atoms with van der Waals surface area (Å²) in [5.74, 6) is 0.0239. The first-order valence-electron chi connectivity index (χ1n) is 8.96. The highest BCUT2D eigenvalue weighted by Gasteiger charge is 2.16. The van der Waals surface area contributed by atoms with Crippen LogP contribution >= 0.6 is 17.0 Å². The molecule has 0 unspecified atom stereocenters. The zero-order valence-corrected chi connectivity index (χ0v) is 17.8. The van der Waals surface area contributed by atoms with E-state index < -0.39 is 4.92 Å². The van der Waals surface area contributed by atoms with Crippen LogP contribution in [-0.2, 0) is 0 Å². The van der Waals surface area contributed by atoms with E-state index in [9.17, 15) is 14.9 Å². The molecule has 2 rings (SSSR count). The molecule has 0 aliphatic heterocycles. The number of likely N-dealkylation sites (N-methyl/N-ethyl adjacent to an activating group) is 1. The van der Waals surface area contributed by atoms with E-state index in [0.717, 1.165) is 25.2 Å². The third-order valence-electron chi connectivity index (χ3n) is 4.23. The number of ether oxygens (including phenoxy) is 1. The largest absolute Gasteiger partial charge is 0.491 e. The predicted octanol–water partition coefficient (Wildman–Crippen LogP) is 4.79. The number of nitro benzene ring substituents is 1. The minimum atomic E-state index is -0.516. The number of nitrogens with zero attached hydrogens (tertiary/aromatic N) is 2. The summed E-state index contributed by atoms with van der Waals surface area (Å²) in [6.07, 6.45) is 3.09. The Hall–Kier alpha value is -2.51. The highest BCUT2D eigenvalue weighted by atomic mass is 79.9. The molecule has 0 atom stereocenters. The van der Waals surface area contributed by atoms with Crippen LogP contribution in [0.2, 0.25) is 0 Å². The Labute approximate surface area is 175 Å². The van der Waals surface area contributed by atoms with Crippen molar-refractivity contribution < 1.29 is 14.5 Å². The van der Waals surface area contributed by atoms with Crippen molar-refractivity contribution in [1.29, 1.82) is 0 Å². The smallest absolute Gasteiger partial charge is 0.270 e. The van der Waals surface area contributed by atoms with Crippen LogP contribution in [0.5, 0.6) is 5.75 Å². The van der Waals surface area contributed by atoms with E-state index in [4.69, 9.17) is 4.74 Å². The standard InChI is InChI=1S/C21H24N2O4.BrH/c1-3-22(4-2)14-15-27-21-13-11-18(23(25)26)16-19(21)20(24)12-10-17-8-6-5-7-9-17;/h5-13,16H,3-4,14-15H2,1-2H3;1H/b12-10+;. The van der Waals surface area contributed by atoms with E-state index in [2.05, 4.69) is 18.7 Å². The maximum atomic E-state index is 12.6. The molecular formula is C21H25BrN2O4. The molecule has 0 saturated carbocycles. The molecule has 0 N–H and O–H groups in total. The van der Waals surface area contributed by atoms with Crippen molar-refractivity contribution >= 4 is 34.5 Å². The molecule has 6 nitrogen and oxygen atoms in total. The summed E-state index contributed by atoms with van der Waals surface area (Å²) in [6.45, 7) is 7.08.